The fourth-order valence-corrected chi connectivity index (χ4v) is 5.48. The summed E-state index contributed by atoms with van der Waals surface area (Å²) in [7, 11) is 0. The minimum atomic E-state index is -0.655. The van der Waals surface area contributed by atoms with E-state index in [1.54, 1.807) is 27.7 Å². The van der Waals surface area contributed by atoms with Gasteiger partial charge in [0.2, 0.25) is 5.91 Å². The molecule has 2 fully saturated rings. The van der Waals surface area contributed by atoms with Crippen molar-refractivity contribution in [3.8, 4) is 5.75 Å². The van der Waals surface area contributed by atoms with E-state index in [1.807, 2.05) is 23.1 Å². The van der Waals surface area contributed by atoms with E-state index in [0.717, 1.165) is 24.2 Å². The van der Waals surface area contributed by atoms with Crippen LogP contribution < -0.4 is 10.1 Å². The van der Waals surface area contributed by atoms with Crippen molar-refractivity contribution in [2.24, 2.45) is 11.8 Å². The van der Waals surface area contributed by atoms with Crippen LogP contribution in [-0.2, 0) is 14.3 Å². The number of halogens is 1. The zero-order valence-corrected chi connectivity index (χ0v) is 21.1. The van der Waals surface area contributed by atoms with Crippen LogP contribution in [0.5, 0.6) is 5.75 Å². The molecule has 2 amide bonds. The van der Waals surface area contributed by atoms with Gasteiger partial charge in [0.1, 0.15) is 23.0 Å². The molecule has 1 aromatic carbocycles. The van der Waals surface area contributed by atoms with Crippen LogP contribution in [0.3, 0.4) is 0 Å². The minimum Gasteiger partial charge on any atom is -0.487 e. The number of nitrogens with zero attached hydrogens (tertiary/aromatic N) is 1. The van der Waals surface area contributed by atoms with E-state index in [4.69, 9.17) is 25.8 Å². The summed E-state index contributed by atoms with van der Waals surface area (Å²) < 4.78 is 18.3. The molecule has 5 atom stereocenters. The Kier molecular flexibility index (Phi) is 6.33. The Hall–Kier alpha value is -1.99. The number of hydrogen-bond acceptors (Lipinski definition) is 5. The van der Waals surface area contributed by atoms with Gasteiger partial charge in [0.05, 0.1) is 12.2 Å². The molecule has 0 bridgehead atoms. The van der Waals surface area contributed by atoms with Gasteiger partial charge >= 0.3 is 6.09 Å². The van der Waals surface area contributed by atoms with Gasteiger partial charge in [-0.15, -0.1) is 0 Å². The first-order chi connectivity index (χ1) is 15.3. The molecule has 182 valence electrons. The van der Waals surface area contributed by atoms with Crippen LogP contribution in [0.4, 0.5) is 4.79 Å². The van der Waals surface area contributed by atoms with Crippen LogP contribution >= 0.6 is 11.6 Å². The standard InChI is InChI=1S/C25H35ClN2O5/c1-14(27-23(30)33-24(2,3)4)22(29)28-10-9-19-15(13-28)11-18-21(31-19)17-12-16(26)7-8-20(17)32-25(18,5)6/h7-8,12,14-15,18-19,21H,9-11,13H2,1-6H3,(H,27,30)/t14-,15+,18-,19-,21+/m0/s1. The molecule has 2 saturated heterocycles. The third-order valence-electron chi connectivity index (χ3n) is 6.87. The molecule has 0 unspecified atom stereocenters. The van der Waals surface area contributed by atoms with Crippen LogP contribution in [-0.4, -0.2) is 53.3 Å². The molecule has 3 heterocycles. The Balaban J connectivity index is 1.44. The molecule has 33 heavy (non-hydrogen) atoms. The van der Waals surface area contributed by atoms with Gasteiger partial charge in [-0.25, -0.2) is 4.79 Å². The van der Waals surface area contributed by atoms with E-state index in [0.29, 0.717) is 18.1 Å². The molecule has 4 rings (SSSR count). The maximum absolute atomic E-state index is 13.1. The van der Waals surface area contributed by atoms with E-state index in [9.17, 15) is 9.59 Å². The molecule has 0 saturated carbocycles. The summed E-state index contributed by atoms with van der Waals surface area (Å²) in [4.78, 5) is 27.0. The van der Waals surface area contributed by atoms with Crippen molar-refractivity contribution >= 4 is 23.6 Å². The van der Waals surface area contributed by atoms with E-state index in [-0.39, 0.29) is 30.0 Å². The SMILES string of the molecule is C[C@H](NC(=O)OC(C)(C)C)C(=O)N1CC[C@@H]2O[C@@H]3c4cc(Cl)ccc4OC(C)(C)[C@H]3C[C@@H]2C1. The molecule has 8 heteroatoms. The second-order valence-electron chi connectivity index (χ2n) is 11.0. The summed E-state index contributed by atoms with van der Waals surface area (Å²) in [6, 6.07) is 5.06. The fraction of sp³-hybridized carbons (Fsp3) is 0.680. The second-order valence-corrected chi connectivity index (χ2v) is 11.5. The van der Waals surface area contributed by atoms with Crippen LogP contribution in [0.25, 0.3) is 0 Å². The first-order valence-corrected chi connectivity index (χ1v) is 12.1. The summed E-state index contributed by atoms with van der Waals surface area (Å²) >= 11 is 6.28. The molecule has 0 radical (unpaired) electrons. The van der Waals surface area contributed by atoms with Gasteiger partial charge in [-0.05, 0) is 72.6 Å². The third kappa shape index (κ3) is 5.09. The van der Waals surface area contributed by atoms with E-state index in [2.05, 4.69) is 19.2 Å². The third-order valence-corrected chi connectivity index (χ3v) is 7.10. The number of rotatable bonds is 2. The highest BCUT2D eigenvalue weighted by Crippen LogP contribution is 2.53. The largest absolute Gasteiger partial charge is 0.487 e. The van der Waals surface area contributed by atoms with Gasteiger partial charge in [-0.1, -0.05) is 11.6 Å². The molecule has 3 aliphatic rings. The zero-order chi connectivity index (χ0) is 24.1. The molecule has 1 aromatic rings. The van der Waals surface area contributed by atoms with Crippen molar-refractivity contribution in [1.82, 2.24) is 10.2 Å². The highest BCUT2D eigenvalue weighted by atomic mass is 35.5. The van der Waals surface area contributed by atoms with Crippen molar-refractivity contribution < 1.29 is 23.8 Å². The smallest absolute Gasteiger partial charge is 0.408 e. The summed E-state index contributed by atoms with van der Waals surface area (Å²) in [5.74, 6) is 1.09. The first kappa shape index (κ1) is 24.1. The van der Waals surface area contributed by atoms with E-state index >= 15 is 0 Å². The molecule has 0 spiro atoms. The molecule has 1 N–H and O–H groups in total. The Bertz CT molecular complexity index is 928. The summed E-state index contributed by atoms with van der Waals surface area (Å²) in [5, 5.41) is 3.34. The van der Waals surface area contributed by atoms with Crippen LogP contribution in [0.15, 0.2) is 18.2 Å². The normalized spacial score (nSPS) is 29.0. The highest BCUT2D eigenvalue weighted by Gasteiger charge is 2.51. The quantitative estimate of drug-likeness (QED) is 0.665. The molecule has 0 aromatic heterocycles. The average Bonchev–Trinajstić information content (AvgIpc) is 2.71. The van der Waals surface area contributed by atoms with Gasteiger partial charge < -0.3 is 24.4 Å². The Morgan fingerprint density at radius 1 is 1.30 bits per heavy atom. The minimum absolute atomic E-state index is 0.0706. The lowest BCUT2D eigenvalue weighted by molar-refractivity contribution is -0.189. The maximum atomic E-state index is 13.1. The molecular weight excluding hydrogens is 444 g/mol. The predicted molar refractivity (Wildman–Crippen MR) is 125 cm³/mol. The van der Waals surface area contributed by atoms with Crippen molar-refractivity contribution in [2.45, 2.75) is 83.8 Å². The number of fused-ring (bicyclic) bond motifs is 4. The summed E-state index contributed by atoms with van der Waals surface area (Å²) in [6.45, 7) is 12.5. The zero-order valence-electron chi connectivity index (χ0n) is 20.3. The van der Waals surface area contributed by atoms with Crippen LogP contribution in [0, 0.1) is 11.8 Å². The summed E-state index contributed by atoms with van der Waals surface area (Å²) in [5.41, 5.74) is 0.00619. The lowest BCUT2D eigenvalue weighted by Crippen LogP contribution is -2.58. The van der Waals surface area contributed by atoms with Gasteiger partial charge in [-0.3, -0.25) is 4.79 Å². The van der Waals surface area contributed by atoms with E-state index < -0.39 is 23.3 Å². The van der Waals surface area contributed by atoms with Gasteiger partial charge in [0, 0.05) is 35.5 Å². The Labute approximate surface area is 201 Å². The monoisotopic (exact) mass is 478 g/mol. The number of alkyl carbamates (subject to hydrolysis) is 1. The number of nitrogens with one attached hydrogen (secondary N) is 1. The lowest BCUT2D eigenvalue weighted by atomic mass is 9.70. The fourth-order valence-electron chi connectivity index (χ4n) is 5.30. The van der Waals surface area contributed by atoms with Gasteiger partial charge in [0.25, 0.3) is 0 Å². The van der Waals surface area contributed by atoms with Crippen molar-refractivity contribution in [1.29, 1.82) is 0 Å². The molecular formula is C25H35ClN2O5. The Morgan fingerprint density at radius 3 is 2.73 bits per heavy atom. The van der Waals surface area contributed by atoms with Crippen molar-refractivity contribution in [3.63, 3.8) is 0 Å². The van der Waals surface area contributed by atoms with Crippen LogP contribution in [0.2, 0.25) is 5.02 Å². The maximum Gasteiger partial charge on any atom is 0.408 e. The predicted octanol–water partition coefficient (Wildman–Crippen LogP) is 4.72. The number of piperidine rings is 1. The highest BCUT2D eigenvalue weighted by molar-refractivity contribution is 6.30. The molecule has 7 nitrogen and oxygen atoms in total. The van der Waals surface area contributed by atoms with Crippen molar-refractivity contribution in [3.05, 3.63) is 28.8 Å². The Morgan fingerprint density at radius 2 is 2.03 bits per heavy atom. The molecule has 3 aliphatic heterocycles. The lowest BCUT2D eigenvalue weighted by Gasteiger charge is -2.53. The topological polar surface area (TPSA) is 77.1 Å². The number of carbonyl (C=O) groups excluding carboxylic acids is 2. The number of hydrogen-bond donors (Lipinski definition) is 1. The van der Waals surface area contributed by atoms with Crippen LogP contribution in [0.1, 0.15) is 66.1 Å². The number of benzene rings is 1. The van der Waals surface area contributed by atoms with Gasteiger partial charge in [0.15, 0.2) is 0 Å². The van der Waals surface area contributed by atoms with E-state index in [1.165, 1.54) is 0 Å². The average molecular weight is 479 g/mol. The second kappa shape index (κ2) is 8.66. The first-order valence-electron chi connectivity index (χ1n) is 11.8. The number of likely N-dealkylation sites (tertiary alicyclic amines) is 1. The number of carbonyl (C=O) groups is 2. The van der Waals surface area contributed by atoms with Gasteiger partial charge in [-0.2, -0.15) is 0 Å². The summed E-state index contributed by atoms with van der Waals surface area (Å²) in [6.07, 6.45) is 1.08. The molecule has 0 aliphatic carbocycles. The number of ether oxygens (including phenoxy) is 3. The van der Waals surface area contributed by atoms with Crippen molar-refractivity contribution in [2.75, 3.05) is 13.1 Å². The number of amides is 2.